The number of hydrogen-bond donors (Lipinski definition) is 3. The van der Waals surface area contributed by atoms with E-state index in [0.717, 1.165) is 38.5 Å². The molecule has 0 aliphatic carbocycles. The van der Waals surface area contributed by atoms with Crippen LogP contribution >= 0.6 is 0 Å². The highest BCUT2D eigenvalue weighted by atomic mass is 16.5. The van der Waals surface area contributed by atoms with E-state index in [-0.39, 0.29) is 31.3 Å². The first kappa shape index (κ1) is 57.0. The Bertz CT molecular complexity index is 1160. The minimum absolute atomic E-state index is 0.0612. The van der Waals surface area contributed by atoms with Gasteiger partial charge in [0.2, 0.25) is 5.91 Å². The van der Waals surface area contributed by atoms with Crippen molar-refractivity contribution in [1.29, 1.82) is 0 Å². The summed E-state index contributed by atoms with van der Waals surface area (Å²) in [6.45, 7) is 6.27. The fraction of sp³-hybridized carbons (Fsp3) is 0.704. The summed E-state index contributed by atoms with van der Waals surface area (Å²) in [5.41, 5.74) is 0. The molecule has 3 unspecified atom stereocenters. The second-order valence-corrected chi connectivity index (χ2v) is 16.6. The van der Waals surface area contributed by atoms with Crippen LogP contribution in [0.1, 0.15) is 220 Å². The van der Waals surface area contributed by atoms with Crippen molar-refractivity contribution in [1.82, 2.24) is 5.32 Å². The number of aliphatic hydroxyl groups excluding tert-OH is 2. The molecule has 3 atom stereocenters. The van der Waals surface area contributed by atoms with Crippen molar-refractivity contribution < 1.29 is 24.5 Å². The van der Waals surface area contributed by atoms with Gasteiger partial charge in [-0.2, -0.15) is 0 Å². The van der Waals surface area contributed by atoms with Crippen LogP contribution in [0.25, 0.3) is 0 Å². The van der Waals surface area contributed by atoms with Crippen molar-refractivity contribution >= 4 is 11.9 Å². The Morgan fingerprint density at radius 3 is 1.52 bits per heavy atom. The van der Waals surface area contributed by atoms with E-state index in [4.69, 9.17) is 4.74 Å². The molecule has 0 aromatic rings. The Morgan fingerprint density at radius 1 is 0.533 bits per heavy atom. The molecule has 0 aliphatic rings. The molecule has 0 spiro atoms. The standard InChI is InChI=1S/C54H93NO5/c1-4-7-10-13-16-19-22-24-25-26-27-29-31-34-37-40-43-46-52(57)51(49-56)55-53(58)48-50(45-42-39-36-33-30-21-18-15-12-9-6-3)60-54(59)47-44-41-38-35-32-28-23-20-17-14-11-8-5-2/h8,11,14,17,20,23,28,32-33,35-36,38,42,45,50-52,56-57H,4-7,9-10,12-13,15-16,18-19,21-22,24-27,29-31,34,37,39-41,43-44,46-49H2,1-3H3,(H,55,58)/b11-8+,17-14+,23-20-,32-28-,36-33-,38-35+,45-42+. The fourth-order valence-corrected chi connectivity index (χ4v) is 7.07. The molecule has 6 nitrogen and oxygen atoms in total. The number of esters is 1. The monoisotopic (exact) mass is 836 g/mol. The normalized spacial score (nSPS) is 14.0. The van der Waals surface area contributed by atoms with Crippen molar-refractivity contribution in [2.24, 2.45) is 0 Å². The summed E-state index contributed by atoms with van der Waals surface area (Å²) in [5, 5.41) is 23.7. The molecule has 0 radical (unpaired) electrons. The third kappa shape index (κ3) is 41.8. The van der Waals surface area contributed by atoms with E-state index in [1.165, 1.54) is 128 Å². The topological polar surface area (TPSA) is 95.9 Å². The molecule has 6 heteroatoms. The summed E-state index contributed by atoms with van der Waals surface area (Å²) < 4.78 is 5.77. The van der Waals surface area contributed by atoms with Gasteiger partial charge in [-0.3, -0.25) is 9.59 Å². The molecule has 0 aromatic heterocycles. The lowest BCUT2D eigenvalue weighted by atomic mass is 10.0. The Morgan fingerprint density at radius 2 is 1.00 bits per heavy atom. The summed E-state index contributed by atoms with van der Waals surface area (Å²) in [7, 11) is 0. The van der Waals surface area contributed by atoms with Gasteiger partial charge in [-0.15, -0.1) is 0 Å². The molecule has 3 N–H and O–H groups in total. The molecule has 344 valence electrons. The SMILES string of the molecule is CC/C=C/C=C/C=C\C=C/C=C/CCCC(=O)OC(/C=C/C/C=C\CCCCCCCC)CC(=O)NC(CO)C(O)CCCCCCCCCCCCCCCCCCC. The van der Waals surface area contributed by atoms with Crippen LogP contribution in [0.5, 0.6) is 0 Å². The number of aliphatic hydroxyl groups is 2. The molecular weight excluding hydrogens is 743 g/mol. The Balaban J connectivity index is 4.66. The Labute approximate surface area is 370 Å². The van der Waals surface area contributed by atoms with Gasteiger partial charge < -0.3 is 20.3 Å². The predicted molar refractivity (Wildman–Crippen MR) is 259 cm³/mol. The van der Waals surface area contributed by atoms with Gasteiger partial charge in [0.1, 0.15) is 6.10 Å². The van der Waals surface area contributed by atoms with Gasteiger partial charge in [-0.05, 0) is 51.0 Å². The second-order valence-electron chi connectivity index (χ2n) is 16.6. The van der Waals surface area contributed by atoms with Crippen LogP contribution in [0.2, 0.25) is 0 Å². The molecule has 0 saturated heterocycles. The van der Waals surface area contributed by atoms with Crippen molar-refractivity contribution in [2.75, 3.05) is 6.61 Å². The number of amides is 1. The molecule has 0 rings (SSSR count). The maximum Gasteiger partial charge on any atom is 0.306 e. The van der Waals surface area contributed by atoms with Crippen LogP contribution in [-0.2, 0) is 14.3 Å². The zero-order chi connectivity index (χ0) is 43.8. The maximum absolute atomic E-state index is 13.1. The molecule has 0 heterocycles. The number of hydrogen-bond acceptors (Lipinski definition) is 5. The summed E-state index contributed by atoms with van der Waals surface area (Å²) >= 11 is 0. The average molecular weight is 836 g/mol. The van der Waals surface area contributed by atoms with Crippen molar-refractivity contribution in [3.05, 3.63) is 85.1 Å². The van der Waals surface area contributed by atoms with E-state index in [2.05, 4.69) is 44.3 Å². The van der Waals surface area contributed by atoms with Crippen LogP contribution in [0.3, 0.4) is 0 Å². The third-order valence-electron chi connectivity index (χ3n) is 10.8. The minimum Gasteiger partial charge on any atom is -0.458 e. The number of allylic oxidation sites excluding steroid dienone is 13. The van der Waals surface area contributed by atoms with Gasteiger partial charge in [-0.25, -0.2) is 0 Å². The van der Waals surface area contributed by atoms with Crippen molar-refractivity contribution in [3.63, 3.8) is 0 Å². The van der Waals surface area contributed by atoms with E-state index in [0.29, 0.717) is 19.3 Å². The van der Waals surface area contributed by atoms with Gasteiger partial charge in [0.25, 0.3) is 0 Å². The Kier molecular flexibility index (Phi) is 44.8. The van der Waals surface area contributed by atoms with E-state index >= 15 is 0 Å². The number of unbranched alkanes of at least 4 members (excludes halogenated alkanes) is 23. The number of ether oxygens (including phenoxy) is 1. The van der Waals surface area contributed by atoms with Gasteiger partial charge >= 0.3 is 5.97 Å². The third-order valence-corrected chi connectivity index (χ3v) is 10.8. The highest BCUT2D eigenvalue weighted by Crippen LogP contribution is 2.16. The first-order valence-electron chi connectivity index (χ1n) is 24.9. The molecule has 60 heavy (non-hydrogen) atoms. The number of carbonyl (C=O) groups is 2. The summed E-state index contributed by atoms with van der Waals surface area (Å²) in [4.78, 5) is 25.9. The van der Waals surface area contributed by atoms with Crippen LogP contribution in [0.4, 0.5) is 0 Å². The quantitative estimate of drug-likeness (QED) is 0.0246. The highest BCUT2D eigenvalue weighted by molar-refractivity contribution is 5.78. The first-order valence-corrected chi connectivity index (χ1v) is 24.9. The van der Waals surface area contributed by atoms with E-state index in [1.54, 1.807) is 6.08 Å². The van der Waals surface area contributed by atoms with Crippen molar-refractivity contribution in [2.45, 2.75) is 238 Å². The molecule has 0 fully saturated rings. The number of nitrogens with one attached hydrogen (secondary N) is 1. The molecule has 0 aliphatic heterocycles. The van der Waals surface area contributed by atoms with E-state index in [9.17, 15) is 19.8 Å². The van der Waals surface area contributed by atoms with Crippen LogP contribution < -0.4 is 5.32 Å². The van der Waals surface area contributed by atoms with E-state index < -0.39 is 18.2 Å². The lowest BCUT2D eigenvalue weighted by molar-refractivity contribution is -0.148. The van der Waals surface area contributed by atoms with Gasteiger partial charge in [0.05, 0.1) is 25.2 Å². The van der Waals surface area contributed by atoms with Crippen LogP contribution in [0, 0.1) is 0 Å². The molecule has 1 amide bonds. The predicted octanol–water partition coefficient (Wildman–Crippen LogP) is 14.8. The number of carbonyl (C=O) groups excluding carboxylic acids is 2. The zero-order valence-electron chi connectivity index (χ0n) is 39.1. The summed E-state index contributed by atoms with van der Waals surface area (Å²) in [6.07, 6.45) is 61.1. The van der Waals surface area contributed by atoms with Gasteiger partial charge in [0, 0.05) is 6.42 Å². The highest BCUT2D eigenvalue weighted by Gasteiger charge is 2.23. The van der Waals surface area contributed by atoms with Crippen LogP contribution in [0.15, 0.2) is 85.1 Å². The smallest absolute Gasteiger partial charge is 0.306 e. The minimum atomic E-state index is -0.827. The lowest BCUT2D eigenvalue weighted by Gasteiger charge is -2.23. The summed E-state index contributed by atoms with van der Waals surface area (Å²) in [5.74, 6) is -0.697. The zero-order valence-corrected chi connectivity index (χ0v) is 39.1. The lowest BCUT2D eigenvalue weighted by Crippen LogP contribution is -2.46. The Hall–Kier alpha value is -2.96. The second kappa shape index (κ2) is 47.1. The van der Waals surface area contributed by atoms with Gasteiger partial charge in [-0.1, -0.05) is 241 Å². The largest absolute Gasteiger partial charge is 0.458 e. The van der Waals surface area contributed by atoms with Crippen molar-refractivity contribution in [3.8, 4) is 0 Å². The van der Waals surface area contributed by atoms with Crippen LogP contribution in [-0.4, -0.2) is 46.9 Å². The average Bonchev–Trinajstić information content (AvgIpc) is 3.24. The molecular formula is C54H93NO5. The maximum atomic E-state index is 13.1. The summed E-state index contributed by atoms with van der Waals surface area (Å²) in [6, 6.07) is -0.750. The van der Waals surface area contributed by atoms with E-state index in [1.807, 2.05) is 60.8 Å². The molecule has 0 bridgehead atoms. The van der Waals surface area contributed by atoms with Gasteiger partial charge in [0.15, 0.2) is 0 Å². The molecule has 0 aromatic carbocycles. The fourth-order valence-electron chi connectivity index (χ4n) is 7.07. The number of rotatable bonds is 43. The first-order chi connectivity index (χ1) is 29.5. The molecule has 0 saturated carbocycles.